The number of carbonyl (C=O) groups is 1. The van der Waals surface area contributed by atoms with Crippen molar-refractivity contribution < 1.29 is 4.79 Å². The van der Waals surface area contributed by atoms with Crippen molar-refractivity contribution >= 4 is 5.91 Å². The summed E-state index contributed by atoms with van der Waals surface area (Å²) in [4.78, 5) is 12.5. The highest BCUT2D eigenvalue weighted by atomic mass is 16.1. The highest BCUT2D eigenvalue weighted by Crippen LogP contribution is 2.27. The van der Waals surface area contributed by atoms with Gasteiger partial charge in [-0.1, -0.05) is 24.6 Å². The zero-order valence-corrected chi connectivity index (χ0v) is 14.6. The van der Waals surface area contributed by atoms with Crippen LogP contribution in [0.25, 0.3) is 5.69 Å². The number of aromatic nitrogens is 2. The van der Waals surface area contributed by atoms with E-state index in [2.05, 4.69) is 53.8 Å². The second kappa shape index (κ2) is 7.62. The second-order valence-corrected chi connectivity index (χ2v) is 6.38. The predicted molar refractivity (Wildman–Crippen MR) is 95.8 cm³/mol. The number of carbonyl (C=O) groups excluding carboxylic acids is 1. The Hall–Kier alpha value is -2.14. The zero-order chi connectivity index (χ0) is 16.9. The Kier molecular flexibility index (Phi) is 5.30. The Bertz CT molecular complexity index is 703. The number of amides is 1. The second-order valence-electron chi connectivity index (χ2n) is 6.38. The summed E-state index contributed by atoms with van der Waals surface area (Å²) in [6.07, 6.45) is 4.12. The average Bonchev–Trinajstić information content (AvgIpc) is 3.18. The molecular formula is C19H26N4O. The standard InChI is InChI=1S/C19H26N4O/c1-3-11-20-12-13-21-19(24)18-16-5-4-6-17(16)23(22-18)15-9-7-14(2)8-10-15/h7-10,20H,3-6,11-13H2,1-2H3,(H,21,24). The lowest BCUT2D eigenvalue weighted by molar-refractivity contribution is 0.0947. The van der Waals surface area contributed by atoms with Crippen LogP contribution in [0.3, 0.4) is 0 Å². The molecule has 128 valence electrons. The lowest BCUT2D eigenvalue weighted by Crippen LogP contribution is -2.32. The number of nitrogens with zero attached hydrogens (tertiary/aromatic N) is 2. The van der Waals surface area contributed by atoms with Gasteiger partial charge in [0.2, 0.25) is 0 Å². The first kappa shape index (κ1) is 16.7. The summed E-state index contributed by atoms with van der Waals surface area (Å²) < 4.78 is 1.95. The Balaban J connectivity index is 1.76. The van der Waals surface area contributed by atoms with Gasteiger partial charge < -0.3 is 10.6 Å². The topological polar surface area (TPSA) is 58.9 Å². The quantitative estimate of drug-likeness (QED) is 0.768. The van der Waals surface area contributed by atoms with E-state index in [-0.39, 0.29) is 5.91 Å². The van der Waals surface area contributed by atoms with E-state index in [1.165, 1.54) is 11.3 Å². The minimum Gasteiger partial charge on any atom is -0.349 e. The van der Waals surface area contributed by atoms with Crippen molar-refractivity contribution in [1.82, 2.24) is 20.4 Å². The molecule has 2 aromatic rings. The molecule has 1 aliphatic carbocycles. The Labute approximate surface area is 143 Å². The van der Waals surface area contributed by atoms with Crippen LogP contribution in [0.4, 0.5) is 0 Å². The first-order chi connectivity index (χ1) is 11.7. The Morgan fingerprint density at radius 1 is 1.17 bits per heavy atom. The van der Waals surface area contributed by atoms with E-state index in [1.54, 1.807) is 0 Å². The molecule has 0 unspecified atom stereocenters. The average molecular weight is 326 g/mol. The van der Waals surface area contributed by atoms with Crippen molar-refractivity contribution in [2.24, 2.45) is 0 Å². The highest BCUT2D eigenvalue weighted by molar-refractivity contribution is 5.94. The van der Waals surface area contributed by atoms with Crippen LogP contribution in [0.15, 0.2) is 24.3 Å². The van der Waals surface area contributed by atoms with E-state index < -0.39 is 0 Å². The molecule has 0 radical (unpaired) electrons. The number of rotatable bonds is 7. The number of nitrogens with one attached hydrogen (secondary N) is 2. The van der Waals surface area contributed by atoms with Crippen molar-refractivity contribution in [3.8, 4) is 5.69 Å². The molecule has 1 aromatic carbocycles. The lowest BCUT2D eigenvalue weighted by atomic mass is 10.2. The van der Waals surface area contributed by atoms with Gasteiger partial charge >= 0.3 is 0 Å². The molecule has 0 saturated heterocycles. The number of fused-ring (bicyclic) bond motifs is 1. The van der Waals surface area contributed by atoms with Gasteiger partial charge in [0.1, 0.15) is 0 Å². The van der Waals surface area contributed by atoms with E-state index in [1.807, 2.05) is 4.68 Å². The minimum absolute atomic E-state index is 0.0580. The summed E-state index contributed by atoms with van der Waals surface area (Å²) in [6, 6.07) is 8.30. The van der Waals surface area contributed by atoms with Crippen molar-refractivity contribution in [1.29, 1.82) is 0 Å². The molecular weight excluding hydrogens is 300 g/mol. The van der Waals surface area contributed by atoms with Gasteiger partial charge in [0.05, 0.1) is 5.69 Å². The van der Waals surface area contributed by atoms with Gasteiger partial charge in [-0.25, -0.2) is 4.68 Å². The fraction of sp³-hybridized carbons (Fsp3) is 0.474. The van der Waals surface area contributed by atoms with Gasteiger partial charge in [0.15, 0.2) is 5.69 Å². The molecule has 0 saturated carbocycles. The fourth-order valence-electron chi connectivity index (χ4n) is 3.17. The molecule has 2 N–H and O–H groups in total. The third kappa shape index (κ3) is 3.51. The van der Waals surface area contributed by atoms with Crippen LogP contribution in [0.1, 0.15) is 47.1 Å². The molecule has 3 rings (SSSR count). The number of hydrogen-bond donors (Lipinski definition) is 2. The molecule has 1 aliphatic rings. The molecule has 0 spiro atoms. The summed E-state index contributed by atoms with van der Waals surface area (Å²) >= 11 is 0. The summed E-state index contributed by atoms with van der Waals surface area (Å²) in [6.45, 7) is 6.61. The largest absolute Gasteiger partial charge is 0.349 e. The lowest BCUT2D eigenvalue weighted by Gasteiger charge is -2.06. The maximum atomic E-state index is 12.5. The number of aryl methyl sites for hydroxylation is 1. The highest BCUT2D eigenvalue weighted by Gasteiger charge is 2.26. The van der Waals surface area contributed by atoms with Crippen molar-refractivity contribution in [2.45, 2.75) is 39.5 Å². The predicted octanol–water partition coefficient (Wildman–Crippen LogP) is 2.40. The van der Waals surface area contributed by atoms with Gasteiger partial charge in [-0.3, -0.25) is 4.79 Å². The molecule has 0 atom stereocenters. The van der Waals surface area contributed by atoms with Gasteiger partial charge in [-0.05, 0) is 51.3 Å². The number of hydrogen-bond acceptors (Lipinski definition) is 3. The van der Waals surface area contributed by atoms with E-state index in [4.69, 9.17) is 0 Å². The van der Waals surface area contributed by atoms with Crippen molar-refractivity contribution in [3.63, 3.8) is 0 Å². The van der Waals surface area contributed by atoms with Crippen molar-refractivity contribution in [3.05, 3.63) is 46.8 Å². The summed E-state index contributed by atoms with van der Waals surface area (Å²) in [5, 5.41) is 10.9. The molecule has 24 heavy (non-hydrogen) atoms. The van der Waals surface area contributed by atoms with E-state index in [0.717, 1.165) is 50.0 Å². The van der Waals surface area contributed by atoms with E-state index in [9.17, 15) is 4.79 Å². The monoisotopic (exact) mass is 326 g/mol. The Morgan fingerprint density at radius 3 is 2.71 bits per heavy atom. The van der Waals surface area contributed by atoms with Crippen LogP contribution in [-0.2, 0) is 12.8 Å². The smallest absolute Gasteiger partial charge is 0.272 e. The minimum atomic E-state index is -0.0580. The van der Waals surface area contributed by atoms with Crippen LogP contribution >= 0.6 is 0 Å². The van der Waals surface area contributed by atoms with Gasteiger partial charge in [-0.15, -0.1) is 0 Å². The third-order valence-corrected chi connectivity index (χ3v) is 4.44. The third-order valence-electron chi connectivity index (χ3n) is 4.44. The molecule has 0 aliphatic heterocycles. The molecule has 0 bridgehead atoms. The molecule has 5 nitrogen and oxygen atoms in total. The van der Waals surface area contributed by atoms with E-state index in [0.29, 0.717) is 12.2 Å². The van der Waals surface area contributed by atoms with Crippen molar-refractivity contribution in [2.75, 3.05) is 19.6 Å². The molecule has 1 heterocycles. The van der Waals surface area contributed by atoms with Crippen LogP contribution in [0.5, 0.6) is 0 Å². The molecule has 1 aromatic heterocycles. The SMILES string of the molecule is CCCNCCNC(=O)c1nn(-c2ccc(C)cc2)c2c1CCC2. The molecule has 0 fully saturated rings. The maximum Gasteiger partial charge on any atom is 0.272 e. The van der Waals surface area contributed by atoms with Crippen LogP contribution in [0, 0.1) is 6.92 Å². The van der Waals surface area contributed by atoms with Gasteiger partial charge in [-0.2, -0.15) is 5.10 Å². The van der Waals surface area contributed by atoms with Gasteiger partial charge in [0.25, 0.3) is 5.91 Å². The molecule has 5 heteroatoms. The van der Waals surface area contributed by atoms with Crippen LogP contribution < -0.4 is 10.6 Å². The number of benzene rings is 1. The summed E-state index contributed by atoms with van der Waals surface area (Å²) in [5.41, 5.74) is 5.16. The van der Waals surface area contributed by atoms with Gasteiger partial charge in [0, 0.05) is 24.3 Å². The zero-order valence-electron chi connectivity index (χ0n) is 14.6. The summed E-state index contributed by atoms with van der Waals surface area (Å²) in [5.74, 6) is -0.0580. The summed E-state index contributed by atoms with van der Waals surface area (Å²) in [7, 11) is 0. The van der Waals surface area contributed by atoms with Crippen LogP contribution in [-0.4, -0.2) is 35.3 Å². The first-order valence-corrected chi connectivity index (χ1v) is 8.87. The normalized spacial score (nSPS) is 13.1. The maximum absolute atomic E-state index is 12.5. The fourth-order valence-corrected chi connectivity index (χ4v) is 3.17. The first-order valence-electron chi connectivity index (χ1n) is 8.87. The Morgan fingerprint density at radius 2 is 1.96 bits per heavy atom. The van der Waals surface area contributed by atoms with Crippen LogP contribution in [0.2, 0.25) is 0 Å². The van der Waals surface area contributed by atoms with E-state index >= 15 is 0 Å². The molecule has 1 amide bonds.